The fraction of sp³-hybridized carbons (Fsp3) is 0. The standard InChI is InChI=1S/4Na.O4Si.H2O2/c;;;;1-5(2,3)4;1-2/h;;;;;1-2H/q4*+1;-4;. The molecule has 0 aromatic heterocycles. The van der Waals surface area contributed by atoms with Gasteiger partial charge in [0.05, 0.1) is 0 Å². The Morgan fingerprint density at radius 2 is 0.636 bits per heavy atom. The second kappa shape index (κ2) is 23.6. The second-order valence-corrected chi connectivity index (χ2v) is 1.50. The first-order valence-electron chi connectivity index (χ1n) is 1.02. The van der Waals surface area contributed by atoms with Crippen LogP contribution in [0.25, 0.3) is 0 Å². The van der Waals surface area contributed by atoms with Crippen molar-refractivity contribution in [2.24, 2.45) is 0 Å². The first-order valence-corrected chi connectivity index (χ1v) is 2.65. The molecule has 0 atom stereocenters. The van der Waals surface area contributed by atoms with Gasteiger partial charge in [-0.15, -0.1) is 0 Å². The molecule has 0 aromatic rings. The molecule has 0 heterocycles. The maximum atomic E-state index is 8.58. The summed E-state index contributed by atoms with van der Waals surface area (Å²) in [5.74, 6) is 0. The van der Waals surface area contributed by atoms with Gasteiger partial charge in [0.15, 0.2) is 0 Å². The molecule has 6 nitrogen and oxygen atoms in total. The van der Waals surface area contributed by atoms with E-state index >= 15 is 0 Å². The van der Waals surface area contributed by atoms with Gasteiger partial charge in [-0.3, -0.25) is 10.5 Å². The van der Waals surface area contributed by atoms with Crippen molar-refractivity contribution < 1.29 is 148 Å². The monoisotopic (exact) mass is 218 g/mol. The smallest absolute Gasteiger partial charge is 0.894 e. The molecule has 0 rings (SSSR count). The number of hydrogen-bond donors (Lipinski definition) is 2. The summed E-state index contributed by atoms with van der Waals surface area (Å²) in [6.07, 6.45) is 0. The van der Waals surface area contributed by atoms with Gasteiger partial charge in [-0.05, 0) is 0 Å². The van der Waals surface area contributed by atoms with Crippen LogP contribution in [0.5, 0.6) is 0 Å². The zero-order chi connectivity index (χ0) is 6.50. The maximum Gasteiger partial charge on any atom is 1.00 e. The summed E-state index contributed by atoms with van der Waals surface area (Å²) < 4.78 is 0. The van der Waals surface area contributed by atoms with Crippen molar-refractivity contribution in [3.8, 4) is 0 Å². The minimum Gasteiger partial charge on any atom is -0.894 e. The van der Waals surface area contributed by atoms with Gasteiger partial charge < -0.3 is 28.2 Å². The van der Waals surface area contributed by atoms with Gasteiger partial charge in [-0.2, -0.15) is 0 Å². The van der Waals surface area contributed by atoms with Crippen LogP contribution in [-0.4, -0.2) is 19.6 Å². The Morgan fingerprint density at radius 3 is 0.636 bits per heavy atom. The topological polar surface area (TPSA) is 133 Å². The molecule has 11 heavy (non-hydrogen) atoms. The van der Waals surface area contributed by atoms with E-state index in [-0.39, 0.29) is 118 Å². The van der Waals surface area contributed by atoms with Crippen LogP contribution < -0.4 is 137 Å². The third-order valence-electron chi connectivity index (χ3n) is 0. The summed E-state index contributed by atoms with van der Waals surface area (Å²) in [5, 5.41) is 12.0. The molecule has 0 aromatic carbocycles. The molecule has 0 fully saturated rings. The minimum absolute atomic E-state index is 0. The summed E-state index contributed by atoms with van der Waals surface area (Å²) in [4.78, 5) is 34.3. The zero-order valence-electron chi connectivity index (χ0n) is 7.03. The van der Waals surface area contributed by atoms with Crippen LogP contribution in [0.2, 0.25) is 0 Å². The summed E-state index contributed by atoms with van der Waals surface area (Å²) in [5.41, 5.74) is 0. The van der Waals surface area contributed by atoms with Gasteiger partial charge in [0.1, 0.15) is 0 Å². The van der Waals surface area contributed by atoms with E-state index in [2.05, 4.69) is 0 Å². The molecular weight excluding hydrogens is 216 g/mol. The molecule has 0 spiro atoms. The van der Waals surface area contributed by atoms with E-state index in [0.717, 1.165) is 0 Å². The quantitative estimate of drug-likeness (QED) is 0.235. The molecule has 0 saturated heterocycles. The predicted molar refractivity (Wildman–Crippen MR) is 11.0 cm³/mol. The summed E-state index contributed by atoms with van der Waals surface area (Å²) in [7, 11) is -5.61. The second-order valence-electron chi connectivity index (χ2n) is 0.500. The summed E-state index contributed by atoms with van der Waals surface area (Å²) >= 11 is 0. The minimum atomic E-state index is -5.61. The molecule has 11 heteroatoms. The fourth-order valence-corrected chi connectivity index (χ4v) is 0. The molecule has 2 N–H and O–H groups in total. The maximum absolute atomic E-state index is 8.58. The van der Waals surface area contributed by atoms with E-state index in [1.807, 2.05) is 0 Å². The van der Waals surface area contributed by atoms with Gasteiger partial charge in [0, 0.05) is 0 Å². The molecule has 0 aliphatic heterocycles. The third kappa shape index (κ3) is 127. The van der Waals surface area contributed by atoms with Gasteiger partial charge in [0.25, 0.3) is 0 Å². The Hall–Kier alpha value is 3.98. The van der Waals surface area contributed by atoms with Gasteiger partial charge in [0.2, 0.25) is 0 Å². The Morgan fingerprint density at radius 1 is 0.636 bits per heavy atom. The summed E-state index contributed by atoms with van der Waals surface area (Å²) in [6, 6.07) is 0. The average Bonchev–Trinajstić information content (AvgIpc) is 1.36. The number of hydrogen-bond acceptors (Lipinski definition) is 6. The van der Waals surface area contributed by atoms with Gasteiger partial charge >= 0.3 is 118 Å². The zero-order valence-corrected chi connectivity index (χ0v) is 16.0. The molecular formula is H2Na4O6Si. The molecule has 46 valence electrons. The van der Waals surface area contributed by atoms with Gasteiger partial charge in [-0.1, -0.05) is 0 Å². The first kappa shape index (κ1) is 36.3. The molecule has 0 amide bonds. The summed E-state index contributed by atoms with van der Waals surface area (Å²) in [6.45, 7) is 0. The normalized spacial score (nSPS) is 6.00. The van der Waals surface area contributed by atoms with Crippen LogP contribution >= 0.6 is 0 Å². The van der Waals surface area contributed by atoms with E-state index in [9.17, 15) is 0 Å². The van der Waals surface area contributed by atoms with E-state index in [1.54, 1.807) is 0 Å². The van der Waals surface area contributed by atoms with Crippen molar-refractivity contribution in [2.45, 2.75) is 0 Å². The Labute approximate surface area is 154 Å². The van der Waals surface area contributed by atoms with Crippen LogP contribution in [0.15, 0.2) is 0 Å². The van der Waals surface area contributed by atoms with Crippen molar-refractivity contribution >= 4 is 9.05 Å². The van der Waals surface area contributed by atoms with Crippen molar-refractivity contribution in [3.05, 3.63) is 0 Å². The molecule has 0 aliphatic carbocycles. The van der Waals surface area contributed by atoms with Gasteiger partial charge in [-0.25, -0.2) is 0 Å². The van der Waals surface area contributed by atoms with Crippen molar-refractivity contribution in [2.75, 3.05) is 0 Å². The molecule has 0 unspecified atom stereocenters. The van der Waals surface area contributed by atoms with Crippen LogP contribution in [0.3, 0.4) is 0 Å². The van der Waals surface area contributed by atoms with Crippen molar-refractivity contribution in [1.29, 1.82) is 0 Å². The van der Waals surface area contributed by atoms with Crippen LogP contribution in [0, 0.1) is 0 Å². The Kier molecular flexibility index (Phi) is 78.0. The van der Waals surface area contributed by atoms with Crippen LogP contribution in [0.4, 0.5) is 0 Å². The van der Waals surface area contributed by atoms with E-state index < -0.39 is 9.05 Å². The first-order chi connectivity index (χ1) is 3.00. The molecule has 0 radical (unpaired) electrons. The molecule has 0 bridgehead atoms. The Balaban J connectivity index is -0.00000000972. The SMILES string of the molecule is OO.[Na+].[Na+].[Na+].[Na+].[O-][Si]([O-])([O-])[O-]. The fourth-order valence-electron chi connectivity index (χ4n) is 0. The van der Waals surface area contributed by atoms with Crippen molar-refractivity contribution in [3.63, 3.8) is 0 Å². The van der Waals surface area contributed by atoms with Crippen LogP contribution in [-0.2, 0) is 0 Å². The Bertz CT molecular complexity index is 30.1. The largest absolute Gasteiger partial charge is 1.00 e. The van der Waals surface area contributed by atoms with Crippen molar-refractivity contribution in [1.82, 2.24) is 0 Å². The predicted octanol–water partition coefficient (Wildman–Crippen LogP) is -17.1. The average molecular weight is 218 g/mol. The van der Waals surface area contributed by atoms with Crippen LogP contribution in [0.1, 0.15) is 0 Å². The molecule has 0 saturated carbocycles. The number of rotatable bonds is 0. The molecule has 0 aliphatic rings. The van der Waals surface area contributed by atoms with E-state index in [0.29, 0.717) is 0 Å². The van der Waals surface area contributed by atoms with E-state index in [4.69, 9.17) is 29.7 Å². The third-order valence-corrected chi connectivity index (χ3v) is 0. The van der Waals surface area contributed by atoms with E-state index in [1.165, 1.54) is 0 Å².